The lowest BCUT2D eigenvalue weighted by Crippen LogP contribution is -2.20. The average Bonchev–Trinajstić information content (AvgIpc) is 2.91. The molecule has 4 nitrogen and oxygen atoms in total. The van der Waals surface area contributed by atoms with Gasteiger partial charge in [0.15, 0.2) is 6.10 Å². The zero-order chi connectivity index (χ0) is 18.7. The summed E-state index contributed by atoms with van der Waals surface area (Å²) in [4.78, 5) is 22.8. The lowest BCUT2D eigenvalue weighted by Gasteiger charge is -2.20. The van der Waals surface area contributed by atoms with Crippen molar-refractivity contribution in [3.8, 4) is 0 Å². The number of rotatable bonds is 13. The van der Waals surface area contributed by atoms with Crippen LogP contribution in [0.3, 0.4) is 0 Å². The van der Waals surface area contributed by atoms with E-state index in [0.29, 0.717) is 36.9 Å². The number of carbonyl (C=O) groups excluding carboxylic acids is 1. The lowest BCUT2D eigenvalue weighted by atomic mass is 9.84. The van der Waals surface area contributed by atoms with E-state index in [4.69, 9.17) is 5.11 Å². The zero-order valence-corrected chi connectivity index (χ0v) is 16.0. The molecule has 0 heterocycles. The predicted molar refractivity (Wildman–Crippen MR) is 100 cm³/mol. The first-order valence-electron chi connectivity index (χ1n) is 10.1. The van der Waals surface area contributed by atoms with Gasteiger partial charge in [0.05, 0.1) is 0 Å². The minimum atomic E-state index is -1.26. The van der Waals surface area contributed by atoms with Gasteiger partial charge in [-0.25, -0.2) is 4.79 Å². The van der Waals surface area contributed by atoms with Crippen molar-refractivity contribution in [1.82, 2.24) is 0 Å². The second-order valence-corrected chi connectivity index (χ2v) is 7.68. The van der Waals surface area contributed by atoms with Crippen LogP contribution in [0.15, 0.2) is 12.2 Å². The summed E-state index contributed by atoms with van der Waals surface area (Å²) in [7, 11) is 0. The van der Waals surface area contributed by atoms with Crippen molar-refractivity contribution in [3.63, 3.8) is 0 Å². The number of allylic oxidation sites excluding steroid dienone is 2. The van der Waals surface area contributed by atoms with Crippen molar-refractivity contribution in [1.29, 1.82) is 0 Å². The van der Waals surface area contributed by atoms with Crippen LogP contribution < -0.4 is 0 Å². The molecule has 4 heteroatoms. The summed E-state index contributed by atoms with van der Waals surface area (Å²) in [5, 5.41) is 18.0. The van der Waals surface area contributed by atoms with Gasteiger partial charge in [-0.3, -0.25) is 4.79 Å². The minimum Gasteiger partial charge on any atom is -0.479 e. The summed E-state index contributed by atoms with van der Waals surface area (Å²) in [6, 6.07) is 0. The Kier molecular flexibility index (Phi) is 10.7. The third-order valence-corrected chi connectivity index (χ3v) is 5.38. The van der Waals surface area contributed by atoms with Crippen LogP contribution in [-0.2, 0) is 9.59 Å². The fourth-order valence-corrected chi connectivity index (χ4v) is 3.77. The third kappa shape index (κ3) is 8.66. The molecule has 1 saturated carbocycles. The lowest BCUT2D eigenvalue weighted by molar-refractivity contribution is -0.147. The van der Waals surface area contributed by atoms with Crippen molar-refractivity contribution >= 4 is 11.8 Å². The Morgan fingerprint density at radius 3 is 2.68 bits per heavy atom. The number of unbranched alkanes of at least 4 members (excludes halogenated alkanes) is 4. The molecule has 0 aliphatic heterocycles. The monoisotopic (exact) mass is 352 g/mol. The van der Waals surface area contributed by atoms with Gasteiger partial charge in [-0.05, 0) is 43.9 Å². The first-order valence-corrected chi connectivity index (χ1v) is 10.1. The van der Waals surface area contributed by atoms with Crippen LogP contribution in [0.1, 0.15) is 84.5 Å². The van der Waals surface area contributed by atoms with Crippen LogP contribution in [0.4, 0.5) is 0 Å². The highest BCUT2D eigenvalue weighted by molar-refractivity contribution is 5.83. The highest BCUT2D eigenvalue weighted by atomic mass is 16.4. The van der Waals surface area contributed by atoms with Crippen LogP contribution in [0.2, 0.25) is 0 Å². The highest BCUT2D eigenvalue weighted by Gasteiger charge is 2.33. The Balaban J connectivity index is 2.34. The van der Waals surface area contributed by atoms with E-state index in [1.54, 1.807) is 0 Å². The molecular weight excluding hydrogens is 316 g/mol. The van der Waals surface area contributed by atoms with Gasteiger partial charge in [-0.2, -0.15) is 0 Å². The number of aliphatic hydroxyl groups is 1. The zero-order valence-electron chi connectivity index (χ0n) is 16.0. The number of carboxylic acids is 1. The largest absolute Gasteiger partial charge is 0.479 e. The maximum Gasteiger partial charge on any atom is 0.332 e. The molecule has 1 rings (SSSR count). The molecule has 144 valence electrons. The average molecular weight is 353 g/mol. The van der Waals surface area contributed by atoms with Crippen LogP contribution in [0, 0.1) is 17.8 Å². The molecule has 0 aromatic heterocycles. The molecule has 1 aliphatic rings. The first-order chi connectivity index (χ1) is 12.0. The van der Waals surface area contributed by atoms with E-state index in [1.165, 1.54) is 25.7 Å². The molecule has 0 radical (unpaired) electrons. The van der Waals surface area contributed by atoms with Crippen molar-refractivity contribution in [3.05, 3.63) is 12.2 Å². The van der Waals surface area contributed by atoms with Gasteiger partial charge in [0.1, 0.15) is 5.78 Å². The van der Waals surface area contributed by atoms with E-state index < -0.39 is 12.1 Å². The smallest absolute Gasteiger partial charge is 0.332 e. The summed E-state index contributed by atoms with van der Waals surface area (Å²) in [6.45, 7) is 4.35. The molecule has 0 spiro atoms. The van der Waals surface area contributed by atoms with E-state index in [-0.39, 0.29) is 5.92 Å². The van der Waals surface area contributed by atoms with Gasteiger partial charge < -0.3 is 10.2 Å². The molecule has 2 unspecified atom stereocenters. The van der Waals surface area contributed by atoms with E-state index in [9.17, 15) is 14.7 Å². The van der Waals surface area contributed by atoms with Crippen LogP contribution in [0.5, 0.6) is 0 Å². The summed E-state index contributed by atoms with van der Waals surface area (Å²) < 4.78 is 0. The number of ketones is 1. The molecular formula is C21H36O4. The maximum atomic E-state index is 12.2. The van der Waals surface area contributed by atoms with Gasteiger partial charge in [-0.1, -0.05) is 58.1 Å². The fraction of sp³-hybridized carbons (Fsp3) is 0.810. The normalized spacial score (nSPS) is 23.2. The van der Waals surface area contributed by atoms with Crippen molar-refractivity contribution in [2.45, 2.75) is 90.6 Å². The second kappa shape index (κ2) is 12.2. The van der Waals surface area contributed by atoms with E-state index >= 15 is 0 Å². The van der Waals surface area contributed by atoms with Crippen molar-refractivity contribution in [2.24, 2.45) is 17.8 Å². The van der Waals surface area contributed by atoms with Gasteiger partial charge in [0, 0.05) is 12.3 Å². The van der Waals surface area contributed by atoms with E-state index in [2.05, 4.69) is 26.0 Å². The number of aliphatic carboxylic acids is 1. The van der Waals surface area contributed by atoms with Crippen LogP contribution >= 0.6 is 0 Å². The number of aliphatic hydroxyl groups excluding tert-OH is 1. The van der Waals surface area contributed by atoms with Crippen molar-refractivity contribution < 1.29 is 19.8 Å². The molecule has 25 heavy (non-hydrogen) atoms. The quantitative estimate of drug-likeness (QED) is 0.370. The predicted octanol–water partition coefficient (Wildman–Crippen LogP) is 4.75. The third-order valence-electron chi connectivity index (χ3n) is 5.38. The molecule has 0 aromatic rings. The maximum absolute atomic E-state index is 12.2. The number of Topliss-reactive ketones (excluding diaryl/α,β-unsaturated/α-hetero) is 1. The Labute approximate surface area is 152 Å². The molecule has 2 N–H and O–H groups in total. The highest BCUT2D eigenvalue weighted by Crippen LogP contribution is 2.35. The molecule has 0 saturated heterocycles. The summed E-state index contributed by atoms with van der Waals surface area (Å²) in [6.07, 6.45) is 13.8. The standard InChI is InChI=1S/C21H36O4/c1-3-4-5-6-7-8-11-17-13-14-19(22)18(17)15-16(2)10-9-12-20(23)21(24)25/h8,11,16-18,20,23H,3-7,9-10,12-15H2,1-2H3,(H,24,25)/t16?,17-,18+,20?/m0/s1. The summed E-state index contributed by atoms with van der Waals surface area (Å²) in [5.41, 5.74) is 0. The number of hydrogen-bond donors (Lipinski definition) is 2. The molecule has 0 amide bonds. The molecule has 1 fully saturated rings. The van der Waals surface area contributed by atoms with Gasteiger partial charge in [-0.15, -0.1) is 0 Å². The first kappa shape index (κ1) is 21.9. The van der Waals surface area contributed by atoms with E-state index in [1.807, 2.05) is 0 Å². The summed E-state index contributed by atoms with van der Waals surface area (Å²) in [5.74, 6) is 0.131. The number of hydrogen-bond acceptors (Lipinski definition) is 3. The SMILES string of the molecule is CCCCCCC=C[C@H]1CCC(=O)[C@@H]1CC(C)CCCC(O)C(=O)O. The molecule has 1 aliphatic carbocycles. The minimum absolute atomic E-state index is 0.131. The van der Waals surface area contributed by atoms with Gasteiger partial charge >= 0.3 is 5.97 Å². The molecule has 4 atom stereocenters. The second-order valence-electron chi connectivity index (χ2n) is 7.68. The Hall–Kier alpha value is -1.16. The topological polar surface area (TPSA) is 74.6 Å². The number of carbonyl (C=O) groups is 2. The summed E-state index contributed by atoms with van der Waals surface area (Å²) >= 11 is 0. The van der Waals surface area contributed by atoms with Crippen LogP contribution in [-0.4, -0.2) is 28.1 Å². The van der Waals surface area contributed by atoms with Gasteiger partial charge in [0.25, 0.3) is 0 Å². The van der Waals surface area contributed by atoms with Crippen LogP contribution in [0.25, 0.3) is 0 Å². The fourth-order valence-electron chi connectivity index (χ4n) is 3.77. The molecule has 0 bridgehead atoms. The Morgan fingerprint density at radius 1 is 1.24 bits per heavy atom. The van der Waals surface area contributed by atoms with Gasteiger partial charge in [0.2, 0.25) is 0 Å². The Bertz CT molecular complexity index is 430. The Morgan fingerprint density at radius 2 is 2.00 bits per heavy atom. The van der Waals surface area contributed by atoms with Crippen molar-refractivity contribution in [2.75, 3.05) is 0 Å². The molecule has 0 aromatic carbocycles. The number of carboxylic acid groups (broad SMARTS) is 1. The van der Waals surface area contributed by atoms with E-state index in [0.717, 1.165) is 25.7 Å².